The summed E-state index contributed by atoms with van der Waals surface area (Å²) in [5, 5.41) is 10.4. The fourth-order valence-corrected chi connectivity index (χ4v) is 4.15. The van der Waals surface area contributed by atoms with Gasteiger partial charge in [-0.25, -0.2) is 4.21 Å². The molecule has 2 rings (SSSR count). The maximum Gasteiger partial charge on any atom is 0.0812 e. The van der Waals surface area contributed by atoms with E-state index in [2.05, 4.69) is 13.8 Å². The van der Waals surface area contributed by atoms with Gasteiger partial charge in [-0.05, 0) is 37.1 Å². The Hall–Kier alpha value is -1.71. The van der Waals surface area contributed by atoms with E-state index in [-0.39, 0.29) is 5.92 Å². The summed E-state index contributed by atoms with van der Waals surface area (Å²) in [4.78, 5) is 1.56. The van der Waals surface area contributed by atoms with Gasteiger partial charge in [-0.3, -0.25) is 0 Å². The molecule has 1 N–H and O–H groups in total. The minimum atomic E-state index is -1.29. The highest BCUT2D eigenvalue weighted by atomic mass is 32.2. The van der Waals surface area contributed by atoms with Crippen molar-refractivity contribution in [3.63, 3.8) is 0 Å². The highest BCUT2D eigenvalue weighted by molar-refractivity contribution is 7.89. The molecule has 0 aromatic heterocycles. The van der Waals surface area contributed by atoms with Crippen LogP contribution < -0.4 is 0 Å². The number of hydrogen-bond acceptors (Lipinski definition) is 2. The molecule has 0 aliphatic rings. The Morgan fingerprint density at radius 3 is 2.36 bits per heavy atom. The van der Waals surface area contributed by atoms with Crippen LogP contribution in [-0.2, 0) is 10.8 Å². The van der Waals surface area contributed by atoms with Crippen LogP contribution in [0.3, 0.4) is 0 Å². The third-order valence-corrected chi connectivity index (χ3v) is 6.00. The van der Waals surface area contributed by atoms with Crippen LogP contribution in [-0.4, -0.2) is 15.4 Å². The van der Waals surface area contributed by atoms with E-state index in [1.807, 2.05) is 67.6 Å². The SMILES string of the molecule is CCCC[C@@H](O)/C=C(/[C@@H](C)c1ccccc1)[S@@](=O)c1ccc(C)cc1. The number of rotatable bonds is 8. The standard InChI is InChI=1S/C22H28O2S/c1-4-5-11-20(23)16-22(18(3)19-9-7-6-8-10-19)25(24)21-14-12-17(2)13-15-21/h6-10,12-16,18,20,23H,4-5,11H2,1-3H3/b22-16-/t18-,20+,25-/m0/s1. The monoisotopic (exact) mass is 356 g/mol. The minimum absolute atomic E-state index is 0.0142. The van der Waals surface area contributed by atoms with Gasteiger partial charge in [0.25, 0.3) is 0 Å². The molecule has 0 amide bonds. The molecule has 0 aliphatic heterocycles. The fraction of sp³-hybridized carbons (Fsp3) is 0.364. The molecule has 0 aliphatic carbocycles. The average Bonchev–Trinajstić information content (AvgIpc) is 2.64. The first-order chi connectivity index (χ1) is 12.0. The van der Waals surface area contributed by atoms with Gasteiger partial charge < -0.3 is 5.11 Å². The van der Waals surface area contributed by atoms with E-state index in [4.69, 9.17) is 0 Å². The Morgan fingerprint density at radius 1 is 1.12 bits per heavy atom. The smallest absolute Gasteiger partial charge is 0.0812 e. The summed E-state index contributed by atoms with van der Waals surface area (Å²) in [5.41, 5.74) is 2.25. The van der Waals surface area contributed by atoms with Crippen LogP contribution in [0.1, 0.15) is 50.2 Å². The summed E-state index contributed by atoms with van der Waals surface area (Å²) < 4.78 is 13.2. The molecule has 2 nitrogen and oxygen atoms in total. The number of aliphatic hydroxyl groups is 1. The van der Waals surface area contributed by atoms with Crippen molar-refractivity contribution in [2.45, 2.75) is 57.0 Å². The van der Waals surface area contributed by atoms with Crippen molar-refractivity contribution < 1.29 is 9.32 Å². The molecular weight excluding hydrogens is 328 g/mol. The minimum Gasteiger partial charge on any atom is -0.389 e. The van der Waals surface area contributed by atoms with E-state index >= 15 is 0 Å². The highest BCUT2D eigenvalue weighted by Crippen LogP contribution is 2.30. The summed E-state index contributed by atoms with van der Waals surface area (Å²) in [6, 6.07) is 17.8. The number of aliphatic hydroxyl groups excluding tert-OH is 1. The molecule has 3 atom stereocenters. The third kappa shape index (κ3) is 5.65. The molecule has 0 bridgehead atoms. The summed E-state index contributed by atoms with van der Waals surface area (Å²) in [5.74, 6) is -0.0142. The maximum absolute atomic E-state index is 13.2. The van der Waals surface area contributed by atoms with E-state index in [9.17, 15) is 9.32 Å². The molecule has 0 spiro atoms. The van der Waals surface area contributed by atoms with Crippen LogP contribution in [0, 0.1) is 6.92 Å². The van der Waals surface area contributed by atoms with Gasteiger partial charge in [0, 0.05) is 15.7 Å². The molecule has 2 aromatic rings. The molecule has 0 saturated carbocycles. The fourth-order valence-electron chi connectivity index (χ4n) is 2.76. The Bertz CT molecular complexity index is 705. The zero-order valence-corrected chi connectivity index (χ0v) is 16.1. The van der Waals surface area contributed by atoms with Crippen molar-refractivity contribution in [3.8, 4) is 0 Å². The lowest BCUT2D eigenvalue weighted by atomic mass is 9.99. The number of hydrogen-bond donors (Lipinski definition) is 1. The molecule has 25 heavy (non-hydrogen) atoms. The number of unbranched alkanes of at least 4 members (excludes halogenated alkanes) is 1. The van der Waals surface area contributed by atoms with Gasteiger partial charge in [-0.1, -0.05) is 74.7 Å². The van der Waals surface area contributed by atoms with Crippen LogP contribution in [0.25, 0.3) is 0 Å². The van der Waals surface area contributed by atoms with Crippen LogP contribution >= 0.6 is 0 Å². The van der Waals surface area contributed by atoms with Crippen molar-refractivity contribution >= 4 is 10.8 Å². The topological polar surface area (TPSA) is 37.3 Å². The highest BCUT2D eigenvalue weighted by Gasteiger charge is 2.20. The zero-order chi connectivity index (χ0) is 18.2. The molecule has 0 saturated heterocycles. The van der Waals surface area contributed by atoms with Gasteiger partial charge >= 0.3 is 0 Å². The summed E-state index contributed by atoms with van der Waals surface area (Å²) in [7, 11) is -1.29. The number of benzene rings is 2. The van der Waals surface area contributed by atoms with Crippen molar-refractivity contribution in [2.75, 3.05) is 0 Å². The average molecular weight is 357 g/mol. The Morgan fingerprint density at radius 2 is 1.76 bits per heavy atom. The number of aryl methyl sites for hydroxylation is 1. The predicted octanol–water partition coefficient (Wildman–Crippen LogP) is 5.34. The van der Waals surface area contributed by atoms with E-state index in [0.29, 0.717) is 6.42 Å². The second-order valence-electron chi connectivity index (χ2n) is 6.49. The van der Waals surface area contributed by atoms with Crippen molar-refractivity contribution in [3.05, 3.63) is 76.7 Å². The lowest BCUT2D eigenvalue weighted by Crippen LogP contribution is -2.11. The van der Waals surface area contributed by atoms with Gasteiger partial charge in [0.15, 0.2) is 0 Å². The molecule has 134 valence electrons. The second-order valence-corrected chi connectivity index (χ2v) is 7.97. The first-order valence-electron chi connectivity index (χ1n) is 8.96. The first kappa shape index (κ1) is 19.6. The van der Waals surface area contributed by atoms with Crippen molar-refractivity contribution in [1.82, 2.24) is 0 Å². The molecule has 0 unspecified atom stereocenters. The van der Waals surface area contributed by atoms with E-state index < -0.39 is 16.9 Å². The Balaban J connectivity index is 2.35. The number of allylic oxidation sites excluding steroid dienone is 1. The van der Waals surface area contributed by atoms with Crippen LogP contribution in [0.5, 0.6) is 0 Å². The Kier molecular flexibility index (Phi) is 7.60. The molecular formula is C22H28O2S. The zero-order valence-electron chi connectivity index (χ0n) is 15.3. The molecule has 2 aromatic carbocycles. The summed E-state index contributed by atoms with van der Waals surface area (Å²) in [6.07, 6.45) is 3.95. The first-order valence-corrected chi connectivity index (χ1v) is 10.1. The molecule has 0 fully saturated rings. The van der Waals surface area contributed by atoms with E-state index in [0.717, 1.165) is 33.8 Å². The normalized spacial score (nSPS) is 15.6. The van der Waals surface area contributed by atoms with Crippen molar-refractivity contribution in [1.29, 1.82) is 0 Å². The van der Waals surface area contributed by atoms with Gasteiger partial charge in [0.1, 0.15) is 0 Å². The van der Waals surface area contributed by atoms with Crippen molar-refractivity contribution in [2.24, 2.45) is 0 Å². The van der Waals surface area contributed by atoms with Gasteiger partial charge in [-0.2, -0.15) is 0 Å². The van der Waals surface area contributed by atoms with Crippen LogP contribution in [0.4, 0.5) is 0 Å². The summed E-state index contributed by atoms with van der Waals surface area (Å²) >= 11 is 0. The maximum atomic E-state index is 13.2. The Labute approximate surface area is 154 Å². The largest absolute Gasteiger partial charge is 0.389 e. The van der Waals surface area contributed by atoms with Gasteiger partial charge in [0.2, 0.25) is 0 Å². The van der Waals surface area contributed by atoms with E-state index in [1.165, 1.54) is 0 Å². The second kappa shape index (κ2) is 9.69. The lowest BCUT2D eigenvalue weighted by Gasteiger charge is -2.18. The van der Waals surface area contributed by atoms with Crippen LogP contribution in [0.15, 0.2) is 70.5 Å². The van der Waals surface area contributed by atoms with Crippen LogP contribution in [0.2, 0.25) is 0 Å². The predicted molar refractivity (Wildman–Crippen MR) is 106 cm³/mol. The quantitative estimate of drug-likeness (QED) is 0.693. The van der Waals surface area contributed by atoms with Gasteiger partial charge in [0.05, 0.1) is 16.9 Å². The summed E-state index contributed by atoms with van der Waals surface area (Å²) in [6.45, 7) is 6.18. The molecule has 0 radical (unpaired) electrons. The van der Waals surface area contributed by atoms with Gasteiger partial charge in [-0.15, -0.1) is 0 Å². The molecule has 3 heteroatoms. The van der Waals surface area contributed by atoms with E-state index in [1.54, 1.807) is 0 Å². The molecule has 0 heterocycles. The third-order valence-electron chi connectivity index (χ3n) is 4.39. The lowest BCUT2D eigenvalue weighted by molar-refractivity contribution is 0.208.